The van der Waals surface area contributed by atoms with Gasteiger partial charge in [0.15, 0.2) is 0 Å². The Balaban J connectivity index is 1.79. The molecule has 0 spiro atoms. The van der Waals surface area contributed by atoms with Crippen molar-refractivity contribution in [3.05, 3.63) is 22.4 Å². The third kappa shape index (κ3) is 3.02. The predicted molar refractivity (Wildman–Crippen MR) is 85.5 cm³/mol. The van der Waals surface area contributed by atoms with Gasteiger partial charge in [-0.1, -0.05) is 19.9 Å². The molecule has 1 N–H and O–H groups in total. The number of nitrogens with zero attached hydrogens (tertiary/aromatic N) is 1. The molecule has 0 aromatic carbocycles. The van der Waals surface area contributed by atoms with Crippen molar-refractivity contribution in [2.45, 2.75) is 64.1 Å². The maximum atomic E-state index is 11.0. The van der Waals surface area contributed by atoms with Crippen LogP contribution in [0.2, 0.25) is 0 Å². The average molecular weight is 307 g/mol. The number of fused-ring (bicyclic) bond motifs is 2. The maximum Gasteiger partial charge on any atom is 0.303 e. The molecule has 3 atom stereocenters. The molecule has 3 nitrogen and oxygen atoms in total. The topological polar surface area (TPSA) is 40.5 Å². The second-order valence-electron chi connectivity index (χ2n) is 6.97. The summed E-state index contributed by atoms with van der Waals surface area (Å²) in [6.07, 6.45) is 4.98. The minimum atomic E-state index is -0.633. The zero-order chi connectivity index (χ0) is 15.0. The fraction of sp³-hybridized carbons (Fsp3) is 0.706. The lowest BCUT2D eigenvalue weighted by molar-refractivity contribution is -0.138. The van der Waals surface area contributed by atoms with Crippen molar-refractivity contribution in [2.24, 2.45) is 11.8 Å². The maximum absolute atomic E-state index is 11.0. The van der Waals surface area contributed by atoms with Crippen LogP contribution in [-0.2, 0) is 4.79 Å². The third-order valence-electron chi connectivity index (χ3n) is 5.14. The van der Waals surface area contributed by atoms with Gasteiger partial charge in [-0.3, -0.25) is 9.69 Å². The number of carboxylic acid groups (broad SMARTS) is 1. The molecule has 0 saturated carbocycles. The van der Waals surface area contributed by atoms with Gasteiger partial charge in [0, 0.05) is 29.4 Å². The van der Waals surface area contributed by atoms with Crippen LogP contribution < -0.4 is 0 Å². The molecule has 0 aliphatic carbocycles. The summed E-state index contributed by atoms with van der Waals surface area (Å²) in [4.78, 5) is 15.2. The molecule has 4 heteroatoms. The lowest BCUT2D eigenvalue weighted by Gasteiger charge is -2.44. The van der Waals surface area contributed by atoms with Gasteiger partial charge in [0.05, 0.1) is 0 Å². The van der Waals surface area contributed by atoms with E-state index in [1.807, 2.05) is 11.3 Å². The first kappa shape index (κ1) is 15.0. The molecule has 3 unspecified atom stereocenters. The molecule has 21 heavy (non-hydrogen) atoms. The van der Waals surface area contributed by atoms with E-state index in [1.54, 1.807) is 0 Å². The Morgan fingerprint density at radius 3 is 2.52 bits per heavy atom. The SMILES string of the molecule is CC(C)C(c1cccs1)N1C2CCC1CC(CC(=O)O)C2. The van der Waals surface area contributed by atoms with Crippen LogP contribution in [0.5, 0.6) is 0 Å². The number of rotatable bonds is 5. The van der Waals surface area contributed by atoms with E-state index < -0.39 is 5.97 Å². The van der Waals surface area contributed by atoms with Crippen molar-refractivity contribution in [3.63, 3.8) is 0 Å². The van der Waals surface area contributed by atoms with Gasteiger partial charge in [-0.2, -0.15) is 0 Å². The first-order valence-corrected chi connectivity index (χ1v) is 8.97. The molecular weight excluding hydrogens is 282 g/mol. The fourth-order valence-corrected chi connectivity index (χ4v) is 5.48. The highest BCUT2D eigenvalue weighted by atomic mass is 32.1. The number of carboxylic acids is 1. The molecule has 2 bridgehead atoms. The van der Waals surface area contributed by atoms with Crippen LogP contribution in [0.15, 0.2) is 17.5 Å². The standard InChI is InChI=1S/C17H25NO2S/c1-11(2)17(15-4-3-7-21-15)18-13-5-6-14(18)9-12(8-13)10-16(19)20/h3-4,7,11-14,17H,5-6,8-10H2,1-2H3,(H,19,20). The number of piperidine rings is 1. The van der Waals surface area contributed by atoms with Crippen molar-refractivity contribution >= 4 is 17.3 Å². The first-order valence-electron chi connectivity index (χ1n) is 8.09. The van der Waals surface area contributed by atoms with Gasteiger partial charge in [0.2, 0.25) is 0 Å². The van der Waals surface area contributed by atoms with E-state index in [9.17, 15) is 4.79 Å². The highest BCUT2D eigenvalue weighted by Crippen LogP contribution is 2.47. The molecule has 2 saturated heterocycles. The quantitative estimate of drug-likeness (QED) is 0.888. The van der Waals surface area contributed by atoms with Crippen LogP contribution in [0.4, 0.5) is 0 Å². The van der Waals surface area contributed by atoms with E-state index in [0.717, 1.165) is 12.8 Å². The molecule has 116 valence electrons. The van der Waals surface area contributed by atoms with Crippen LogP contribution in [-0.4, -0.2) is 28.1 Å². The van der Waals surface area contributed by atoms with Crippen LogP contribution in [0.1, 0.15) is 56.9 Å². The predicted octanol–water partition coefficient (Wildman–Crippen LogP) is 4.16. The summed E-state index contributed by atoms with van der Waals surface area (Å²) in [6.45, 7) is 4.63. The highest BCUT2D eigenvalue weighted by molar-refractivity contribution is 7.10. The molecule has 0 amide bonds. The minimum absolute atomic E-state index is 0.353. The zero-order valence-corrected chi connectivity index (χ0v) is 13.7. The summed E-state index contributed by atoms with van der Waals surface area (Å²) < 4.78 is 0. The van der Waals surface area contributed by atoms with E-state index in [2.05, 4.69) is 36.3 Å². The molecule has 1 aromatic rings. The van der Waals surface area contributed by atoms with Crippen LogP contribution in [0, 0.1) is 11.8 Å². The fourth-order valence-electron chi connectivity index (χ4n) is 4.47. The first-order chi connectivity index (χ1) is 10.1. The third-order valence-corrected chi connectivity index (χ3v) is 6.08. The summed E-state index contributed by atoms with van der Waals surface area (Å²) in [6, 6.07) is 6.09. The number of hydrogen-bond acceptors (Lipinski definition) is 3. The monoisotopic (exact) mass is 307 g/mol. The summed E-state index contributed by atoms with van der Waals surface area (Å²) in [5.74, 6) is 0.349. The number of hydrogen-bond donors (Lipinski definition) is 1. The van der Waals surface area contributed by atoms with Gasteiger partial charge >= 0.3 is 5.97 Å². The summed E-state index contributed by atoms with van der Waals surface area (Å²) in [5, 5.41) is 11.2. The Hall–Kier alpha value is -0.870. The van der Waals surface area contributed by atoms with Crippen LogP contribution >= 0.6 is 11.3 Å². The van der Waals surface area contributed by atoms with Gasteiger partial charge in [-0.05, 0) is 49.0 Å². The second kappa shape index (κ2) is 6.09. The normalized spacial score (nSPS) is 30.7. The van der Waals surface area contributed by atoms with Crippen LogP contribution in [0.25, 0.3) is 0 Å². The van der Waals surface area contributed by atoms with Gasteiger partial charge in [0.25, 0.3) is 0 Å². The van der Waals surface area contributed by atoms with Crippen molar-refractivity contribution in [1.29, 1.82) is 0 Å². The molecule has 2 fully saturated rings. The Labute approximate surface area is 131 Å². The molecular formula is C17H25NO2S. The van der Waals surface area contributed by atoms with Crippen molar-refractivity contribution in [1.82, 2.24) is 4.90 Å². The molecule has 2 aliphatic heterocycles. The summed E-state index contributed by atoms with van der Waals surface area (Å²) in [5.41, 5.74) is 0. The van der Waals surface area contributed by atoms with Crippen molar-refractivity contribution in [2.75, 3.05) is 0 Å². The van der Waals surface area contributed by atoms with Crippen molar-refractivity contribution < 1.29 is 9.90 Å². The number of carbonyl (C=O) groups is 1. The molecule has 3 rings (SSSR count). The Bertz CT molecular complexity index is 471. The van der Waals surface area contributed by atoms with Gasteiger partial charge < -0.3 is 5.11 Å². The Morgan fingerprint density at radius 1 is 1.38 bits per heavy atom. The van der Waals surface area contributed by atoms with E-state index >= 15 is 0 Å². The van der Waals surface area contributed by atoms with E-state index in [-0.39, 0.29) is 0 Å². The van der Waals surface area contributed by atoms with Gasteiger partial charge in [0.1, 0.15) is 0 Å². The lowest BCUT2D eigenvalue weighted by Crippen LogP contribution is -2.46. The molecule has 0 radical (unpaired) electrons. The summed E-state index contributed by atoms with van der Waals surface area (Å²) in [7, 11) is 0. The van der Waals surface area contributed by atoms with E-state index in [0.29, 0.717) is 36.4 Å². The van der Waals surface area contributed by atoms with Gasteiger partial charge in [-0.25, -0.2) is 0 Å². The second-order valence-corrected chi connectivity index (χ2v) is 7.95. The molecule has 3 heterocycles. The number of aliphatic carboxylic acids is 1. The van der Waals surface area contributed by atoms with E-state index in [4.69, 9.17) is 5.11 Å². The zero-order valence-electron chi connectivity index (χ0n) is 12.9. The smallest absolute Gasteiger partial charge is 0.303 e. The van der Waals surface area contributed by atoms with Gasteiger partial charge in [-0.15, -0.1) is 11.3 Å². The largest absolute Gasteiger partial charge is 0.481 e. The van der Waals surface area contributed by atoms with Crippen LogP contribution in [0.3, 0.4) is 0 Å². The highest BCUT2D eigenvalue weighted by Gasteiger charge is 2.45. The lowest BCUT2D eigenvalue weighted by atomic mass is 9.85. The van der Waals surface area contributed by atoms with Crippen molar-refractivity contribution in [3.8, 4) is 0 Å². The Morgan fingerprint density at radius 2 is 2.05 bits per heavy atom. The summed E-state index contributed by atoms with van der Waals surface area (Å²) >= 11 is 1.86. The molecule has 1 aromatic heterocycles. The molecule has 2 aliphatic rings. The minimum Gasteiger partial charge on any atom is -0.481 e. The van der Waals surface area contributed by atoms with E-state index in [1.165, 1.54) is 17.7 Å². The number of thiophene rings is 1. The average Bonchev–Trinajstić information content (AvgIpc) is 2.98. The Kier molecular flexibility index (Phi) is 4.36.